The maximum absolute atomic E-state index is 12.9. The van der Waals surface area contributed by atoms with Crippen LogP contribution in [0.15, 0.2) is 28.9 Å². The van der Waals surface area contributed by atoms with Crippen LogP contribution in [0.5, 0.6) is 0 Å². The van der Waals surface area contributed by atoms with E-state index >= 15 is 0 Å². The van der Waals surface area contributed by atoms with E-state index in [2.05, 4.69) is 0 Å². The average Bonchev–Trinajstić information content (AvgIpc) is 2.49. The van der Waals surface area contributed by atoms with Gasteiger partial charge in [0.15, 0.2) is 0 Å². The fourth-order valence-electron chi connectivity index (χ4n) is 1.07. The summed E-state index contributed by atoms with van der Waals surface area (Å²) in [5.74, 6) is -0.542. The minimum absolute atomic E-state index is 0.0453. The minimum atomic E-state index is -0.542. The van der Waals surface area contributed by atoms with Gasteiger partial charge in [-0.15, -0.1) is 0 Å². The van der Waals surface area contributed by atoms with E-state index in [-0.39, 0.29) is 5.56 Å². The highest BCUT2D eigenvalue weighted by Crippen LogP contribution is 2.19. The third-order valence-corrected chi connectivity index (χ3v) is 1.66. The van der Waals surface area contributed by atoms with E-state index in [1.807, 2.05) is 0 Å². The number of fused-ring (bicyclic) bond motifs is 1. The van der Waals surface area contributed by atoms with Gasteiger partial charge in [-0.05, 0) is 12.1 Å². The molecule has 0 aliphatic carbocycles. The zero-order valence-corrected chi connectivity index (χ0v) is 6.04. The number of hydrogen-bond donors (Lipinski definition) is 0. The van der Waals surface area contributed by atoms with Crippen molar-refractivity contribution in [2.45, 2.75) is 0 Å². The molecule has 1 aromatic carbocycles. The largest absolute Gasteiger partial charge is 0.464 e. The lowest BCUT2D eigenvalue weighted by molar-refractivity contribution is 0.597. The first-order valence-corrected chi connectivity index (χ1v) is 3.38. The number of halogens is 1. The Balaban J connectivity index is 2.84. The van der Waals surface area contributed by atoms with Crippen molar-refractivity contribution in [3.8, 4) is 6.07 Å². The fourth-order valence-corrected chi connectivity index (χ4v) is 1.07. The molecule has 0 amide bonds. The molecule has 2 aromatic rings. The van der Waals surface area contributed by atoms with E-state index in [4.69, 9.17) is 9.68 Å². The van der Waals surface area contributed by atoms with Crippen molar-refractivity contribution in [1.29, 1.82) is 5.26 Å². The smallest absolute Gasteiger partial charge is 0.144 e. The van der Waals surface area contributed by atoms with Gasteiger partial charge in [-0.25, -0.2) is 4.39 Å². The lowest BCUT2D eigenvalue weighted by atomic mass is 10.2. The Bertz CT molecular complexity index is 467. The molecular weight excluding hydrogens is 157 g/mol. The Morgan fingerprint density at radius 1 is 1.42 bits per heavy atom. The van der Waals surface area contributed by atoms with Crippen molar-refractivity contribution in [3.05, 3.63) is 35.8 Å². The highest BCUT2D eigenvalue weighted by atomic mass is 19.1. The minimum Gasteiger partial charge on any atom is -0.464 e. The molecule has 0 unspecified atom stereocenters. The molecule has 0 radical (unpaired) electrons. The normalized spacial score (nSPS) is 10.0. The van der Waals surface area contributed by atoms with E-state index in [0.29, 0.717) is 5.58 Å². The van der Waals surface area contributed by atoms with Crippen LogP contribution in [0.25, 0.3) is 11.0 Å². The van der Waals surface area contributed by atoms with Gasteiger partial charge < -0.3 is 4.42 Å². The topological polar surface area (TPSA) is 36.9 Å². The van der Waals surface area contributed by atoms with E-state index in [9.17, 15) is 4.39 Å². The molecule has 0 fully saturated rings. The van der Waals surface area contributed by atoms with Crippen molar-refractivity contribution in [2.75, 3.05) is 0 Å². The molecule has 1 aromatic heterocycles. The summed E-state index contributed by atoms with van der Waals surface area (Å²) in [6.07, 6.45) is 1.46. The van der Waals surface area contributed by atoms with Crippen LogP contribution in [0.2, 0.25) is 0 Å². The van der Waals surface area contributed by atoms with E-state index < -0.39 is 5.82 Å². The maximum Gasteiger partial charge on any atom is 0.144 e. The van der Waals surface area contributed by atoms with Crippen LogP contribution in [0, 0.1) is 17.1 Å². The van der Waals surface area contributed by atoms with Crippen LogP contribution in [-0.4, -0.2) is 0 Å². The standard InChI is InChI=1S/C9H4FNO/c10-8-4-9-6(1-2-12-9)3-7(8)5-11/h1-4H. The Labute approximate surface area is 67.8 Å². The Kier molecular flexibility index (Phi) is 1.34. The molecule has 2 rings (SSSR count). The maximum atomic E-state index is 12.9. The SMILES string of the molecule is N#Cc1cc2ccoc2cc1F. The van der Waals surface area contributed by atoms with Crippen LogP contribution in [0.1, 0.15) is 5.56 Å². The zero-order chi connectivity index (χ0) is 8.55. The molecule has 12 heavy (non-hydrogen) atoms. The average molecular weight is 161 g/mol. The monoisotopic (exact) mass is 161 g/mol. The number of rotatable bonds is 0. The predicted molar refractivity (Wildman–Crippen MR) is 40.9 cm³/mol. The van der Waals surface area contributed by atoms with Crippen molar-refractivity contribution in [1.82, 2.24) is 0 Å². The second-order valence-corrected chi connectivity index (χ2v) is 2.40. The number of benzene rings is 1. The summed E-state index contributed by atoms with van der Waals surface area (Å²) in [5.41, 5.74) is 0.510. The summed E-state index contributed by atoms with van der Waals surface area (Å²) < 4.78 is 17.9. The first-order chi connectivity index (χ1) is 5.81. The van der Waals surface area contributed by atoms with Gasteiger partial charge in [0.2, 0.25) is 0 Å². The van der Waals surface area contributed by atoms with Gasteiger partial charge in [-0.3, -0.25) is 0 Å². The zero-order valence-electron chi connectivity index (χ0n) is 6.04. The molecule has 0 spiro atoms. The summed E-state index contributed by atoms with van der Waals surface area (Å²) in [6.45, 7) is 0. The van der Waals surface area contributed by atoms with E-state index in [0.717, 1.165) is 5.39 Å². The van der Waals surface area contributed by atoms with E-state index in [1.54, 1.807) is 12.1 Å². The van der Waals surface area contributed by atoms with Gasteiger partial charge in [0, 0.05) is 11.5 Å². The first kappa shape index (κ1) is 6.86. The van der Waals surface area contributed by atoms with Crippen molar-refractivity contribution in [3.63, 3.8) is 0 Å². The third kappa shape index (κ3) is 0.857. The van der Waals surface area contributed by atoms with Crippen molar-refractivity contribution in [2.24, 2.45) is 0 Å². The summed E-state index contributed by atoms with van der Waals surface area (Å²) in [4.78, 5) is 0. The van der Waals surface area contributed by atoms with Gasteiger partial charge in [0.1, 0.15) is 17.5 Å². The molecule has 0 saturated heterocycles. The number of hydrogen-bond acceptors (Lipinski definition) is 2. The Hall–Kier alpha value is -1.82. The molecule has 0 aliphatic heterocycles. The third-order valence-electron chi connectivity index (χ3n) is 1.66. The highest BCUT2D eigenvalue weighted by Gasteiger charge is 2.04. The molecule has 0 N–H and O–H groups in total. The fraction of sp³-hybridized carbons (Fsp3) is 0. The highest BCUT2D eigenvalue weighted by molar-refractivity contribution is 5.78. The lowest BCUT2D eigenvalue weighted by Gasteiger charge is -1.91. The number of nitriles is 1. The predicted octanol–water partition coefficient (Wildman–Crippen LogP) is 2.44. The van der Waals surface area contributed by atoms with Crippen molar-refractivity contribution < 1.29 is 8.81 Å². The summed E-state index contributed by atoms with van der Waals surface area (Å²) in [7, 11) is 0. The molecule has 0 atom stereocenters. The Morgan fingerprint density at radius 2 is 2.25 bits per heavy atom. The molecule has 1 heterocycles. The Morgan fingerprint density at radius 3 is 3.00 bits per heavy atom. The van der Waals surface area contributed by atoms with Gasteiger partial charge in [0.25, 0.3) is 0 Å². The summed E-state index contributed by atoms with van der Waals surface area (Å²) >= 11 is 0. The number of nitrogens with zero attached hydrogens (tertiary/aromatic N) is 1. The molecule has 2 nitrogen and oxygen atoms in total. The molecule has 0 bridgehead atoms. The van der Waals surface area contributed by atoms with Gasteiger partial charge >= 0.3 is 0 Å². The molecule has 0 saturated carbocycles. The van der Waals surface area contributed by atoms with Crippen LogP contribution >= 0.6 is 0 Å². The second kappa shape index (κ2) is 2.35. The van der Waals surface area contributed by atoms with Crippen molar-refractivity contribution >= 4 is 11.0 Å². The molecule has 3 heteroatoms. The van der Waals surface area contributed by atoms with Crippen LogP contribution in [-0.2, 0) is 0 Å². The van der Waals surface area contributed by atoms with Crippen LogP contribution < -0.4 is 0 Å². The first-order valence-electron chi connectivity index (χ1n) is 3.38. The number of furan rings is 1. The quantitative estimate of drug-likeness (QED) is 0.595. The van der Waals surface area contributed by atoms with Crippen LogP contribution in [0.4, 0.5) is 4.39 Å². The lowest BCUT2D eigenvalue weighted by Crippen LogP contribution is -1.81. The van der Waals surface area contributed by atoms with Gasteiger partial charge in [-0.2, -0.15) is 5.26 Å². The van der Waals surface area contributed by atoms with Crippen LogP contribution in [0.3, 0.4) is 0 Å². The molecule has 0 aliphatic rings. The molecular formula is C9H4FNO. The van der Waals surface area contributed by atoms with Gasteiger partial charge in [-0.1, -0.05) is 0 Å². The summed E-state index contributed by atoms with van der Waals surface area (Å²) in [6, 6.07) is 6.13. The molecule has 58 valence electrons. The second-order valence-electron chi connectivity index (χ2n) is 2.40. The summed E-state index contributed by atoms with van der Waals surface area (Å²) in [5, 5.41) is 9.24. The van der Waals surface area contributed by atoms with E-state index in [1.165, 1.54) is 18.4 Å². The van der Waals surface area contributed by atoms with Gasteiger partial charge in [0.05, 0.1) is 11.8 Å².